The average molecular weight is 486 g/mol. The van der Waals surface area contributed by atoms with Crippen molar-refractivity contribution in [2.45, 2.75) is 20.8 Å². The van der Waals surface area contributed by atoms with Gasteiger partial charge in [-0.3, -0.25) is 4.79 Å². The Bertz CT molecular complexity index is 1290. The van der Waals surface area contributed by atoms with E-state index in [0.717, 1.165) is 33.2 Å². The third-order valence-corrected chi connectivity index (χ3v) is 6.74. The normalized spacial score (nSPS) is 16.1. The molecule has 0 aliphatic carbocycles. The summed E-state index contributed by atoms with van der Waals surface area (Å²) in [5, 5.41) is 4.55. The first kappa shape index (κ1) is 22.5. The molecule has 32 heavy (non-hydrogen) atoms. The Hall–Kier alpha value is -2.67. The van der Waals surface area contributed by atoms with Crippen LogP contribution in [0.3, 0.4) is 0 Å². The van der Waals surface area contributed by atoms with Crippen LogP contribution in [0, 0.1) is 20.8 Å². The summed E-state index contributed by atoms with van der Waals surface area (Å²) in [6.45, 7) is 6.03. The van der Waals surface area contributed by atoms with Crippen molar-refractivity contribution in [3.8, 4) is 11.4 Å². The van der Waals surface area contributed by atoms with Crippen molar-refractivity contribution < 1.29 is 9.53 Å². The first-order valence-electron chi connectivity index (χ1n) is 9.85. The van der Waals surface area contributed by atoms with E-state index in [-0.39, 0.29) is 5.91 Å². The van der Waals surface area contributed by atoms with Crippen LogP contribution in [0.4, 0.5) is 5.69 Å². The number of rotatable bonds is 4. The van der Waals surface area contributed by atoms with Gasteiger partial charge in [0.05, 0.1) is 12.0 Å². The number of nitrogens with one attached hydrogen (secondary N) is 1. The molecule has 0 radical (unpaired) electrons. The quantitative estimate of drug-likeness (QED) is 0.423. The fraction of sp³-hybridized carbons (Fsp3) is 0.167. The van der Waals surface area contributed by atoms with Gasteiger partial charge in [-0.15, -0.1) is 0 Å². The van der Waals surface area contributed by atoms with Gasteiger partial charge < -0.3 is 14.6 Å². The summed E-state index contributed by atoms with van der Waals surface area (Å²) in [6, 6.07) is 13.2. The molecule has 4 rings (SSSR count). The van der Waals surface area contributed by atoms with E-state index in [1.807, 2.05) is 45.0 Å². The standard InChI is InChI=1S/C24H21Cl2N3O2S/c1-13-5-7-18(12-19(13)26)29-14(2)9-16(15(29)3)10-22-23(30)28-24(32-22)27-20-11-17(25)6-8-21(20)31-4/h5-12H,1-4H3,(H,27,28,30)/b22-10-. The number of amides is 1. The second-order valence-electron chi connectivity index (χ2n) is 7.39. The van der Waals surface area contributed by atoms with Crippen LogP contribution in [0.5, 0.6) is 5.75 Å². The first-order chi connectivity index (χ1) is 15.3. The second-order valence-corrected chi connectivity index (χ2v) is 9.27. The number of carbonyl (C=O) groups is 1. The SMILES string of the molecule is COc1ccc(Cl)cc1N=C1NC(=O)/C(=C/c2cc(C)n(-c3ccc(C)c(Cl)c3)c2C)S1. The van der Waals surface area contributed by atoms with Crippen LogP contribution in [0.15, 0.2) is 52.4 Å². The fourth-order valence-corrected chi connectivity index (χ4v) is 4.70. The van der Waals surface area contributed by atoms with Crippen molar-refractivity contribution in [2.24, 2.45) is 4.99 Å². The summed E-state index contributed by atoms with van der Waals surface area (Å²) in [6.07, 6.45) is 1.88. The molecular formula is C24H21Cl2N3O2S. The highest BCUT2D eigenvalue weighted by Crippen LogP contribution is 2.35. The topological polar surface area (TPSA) is 55.6 Å². The van der Waals surface area contributed by atoms with Gasteiger partial charge in [0.25, 0.3) is 5.91 Å². The van der Waals surface area contributed by atoms with Gasteiger partial charge in [0.15, 0.2) is 5.17 Å². The molecular weight excluding hydrogens is 465 g/mol. The number of aliphatic imine (C=N–C) groups is 1. The van der Waals surface area contributed by atoms with Crippen LogP contribution in [-0.2, 0) is 4.79 Å². The number of ether oxygens (including phenoxy) is 1. The zero-order valence-electron chi connectivity index (χ0n) is 18.0. The lowest BCUT2D eigenvalue weighted by Gasteiger charge is -2.11. The number of carbonyl (C=O) groups excluding carboxylic acids is 1. The summed E-state index contributed by atoms with van der Waals surface area (Å²) in [5.74, 6) is 0.382. The van der Waals surface area contributed by atoms with Crippen molar-refractivity contribution in [2.75, 3.05) is 7.11 Å². The minimum absolute atomic E-state index is 0.196. The van der Waals surface area contributed by atoms with Crippen LogP contribution < -0.4 is 10.1 Å². The molecule has 0 saturated carbocycles. The van der Waals surface area contributed by atoms with E-state index in [4.69, 9.17) is 27.9 Å². The summed E-state index contributed by atoms with van der Waals surface area (Å²) in [4.78, 5) is 17.7. The molecule has 3 aromatic rings. The maximum absolute atomic E-state index is 12.6. The van der Waals surface area contributed by atoms with Gasteiger partial charge in [-0.1, -0.05) is 29.3 Å². The number of benzene rings is 2. The van der Waals surface area contributed by atoms with E-state index in [9.17, 15) is 4.79 Å². The first-order valence-corrected chi connectivity index (χ1v) is 11.4. The van der Waals surface area contributed by atoms with Gasteiger partial charge in [0.2, 0.25) is 0 Å². The molecule has 0 spiro atoms. The van der Waals surface area contributed by atoms with Gasteiger partial charge in [-0.2, -0.15) is 0 Å². The van der Waals surface area contributed by atoms with Crippen LogP contribution in [0.1, 0.15) is 22.5 Å². The third kappa shape index (κ3) is 4.44. The minimum Gasteiger partial charge on any atom is -0.494 e. The molecule has 1 N–H and O–H groups in total. The summed E-state index contributed by atoms with van der Waals surface area (Å²) in [7, 11) is 1.57. The number of hydrogen-bond donors (Lipinski definition) is 1. The molecule has 2 heterocycles. The van der Waals surface area contributed by atoms with Gasteiger partial charge in [0.1, 0.15) is 11.4 Å². The van der Waals surface area contributed by atoms with E-state index >= 15 is 0 Å². The molecule has 1 aliphatic rings. The molecule has 8 heteroatoms. The van der Waals surface area contributed by atoms with Gasteiger partial charge >= 0.3 is 0 Å². The van der Waals surface area contributed by atoms with E-state index in [0.29, 0.717) is 26.5 Å². The van der Waals surface area contributed by atoms with E-state index in [1.54, 1.807) is 25.3 Å². The van der Waals surface area contributed by atoms with Crippen molar-refractivity contribution in [1.82, 2.24) is 9.88 Å². The lowest BCUT2D eigenvalue weighted by Crippen LogP contribution is -2.19. The number of aromatic nitrogens is 1. The Morgan fingerprint density at radius 3 is 2.59 bits per heavy atom. The Balaban J connectivity index is 1.66. The van der Waals surface area contributed by atoms with Crippen LogP contribution in [0.25, 0.3) is 11.8 Å². The molecule has 1 saturated heterocycles. The Morgan fingerprint density at radius 1 is 1.09 bits per heavy atom. The van der Waals surface area contributed by atoms with Crippen molar-refractivity contribution in [3.63, 3.8) is 0 Å². The van der Waals surface area contributed by atoms with E-state index in [1.165, 1.54) is 11.8 Å². The zero-order valence-corrected chi connectivity index (χ0v) is 20.3. The van der Waals surface area contributed by atoms with Crippen molar-refractivity contribution in [3.05, 3.63) is 79.9 Å². The molecule has 0 atom stereocenters. The highest BCUT2D eigenvalue weighted by molar-refractivity contribution is 8.18. The Kier molecular flexibility index (Phi) is 6.38. The number of aryl methyl sites for hydroxylation is 2. The highest BCUT2D eigenvalue weighted by Gasteiger charge is 2.25. The molecule has 5 nitrogen and oxygen atoms in total. The summed E-state index contributed by atoms with van der Waals surface area (Å²) in [5.41, 5.74) is 5.60. The number of thioether (sulfide) groups is 1. The van der Waals surface area contributed by atoms with Gasteiger partial charge in [0, 0.05) is 27.1 Å². The lowest BCUT2D eigenvalue weighted by molar-refractivity contribution is -0.115. The molecule has 1 fully saturated rings. The van der Waals surface area contributed by atoms with Gasteiger partial charge in [-0.25, -0.2) is 4.99 Å². The maximum atomic E-state index is 12.6. The number of halogens is 2. The monoisotopic (exact) mass is 485 g/mol. The van der Waals surface area contributed by atoms with Crippen LogP contribution >= 0.6 is 35.0 Å². The fourth-order valence-electron chi connectivity index (χ4n) is 3.53. The largest absolute Gasteiger partial charge is 0.494 e. The Labute approximate surface area is 201 Å². The van der Waals surface area contributed by atoms with E-state index < -0.39 is 0 Å². The molecule has 1 amide bonds. The summed E-state index contributed by atoms with van der Waals surface area (Å²) < 4.78 is 7.46. The smallest absolute Gasteiger partial charge is 0.264 e. The highest BCUT2D eigenvalue weighted by atomic mass is 35.5. The molecule has 0 bridgehead atoms. The lowest BCUT2D eigenvalue weighted by atomic mass is 10.2. The number of amidine groups is 1. The number of methoxy groups -OCH3 is 1. The third-order valence-electron chi connectivity index (χ3n) is 5.18. The maximum Gasteiger partial charge on any atom is 0.264 e. The molecule has 0 unspecified atom stereocenters. The Morgan fingerprint density at radius 2 is 1.88 bits per heavy atom. The van der Waals surface area contributed by atoms with Crippen LogP contribution in [-0.4, -0.2) is 22.8 Å². The molecule has 164 valence electrons. The number of hydrogen-bond acceptors (Lipinski definition) is 4. The predicted molar refractivity (Wildman–Crippen MR) is 134 cm³/mol. The van der Waals surface area contributed by atoms with Crippen molar-refractivity contribution in [1.29, 1.82) is 0 Å². The number of nitrogens with zero attached hydrogens (tertiary/aromatic N) is 2. The van der Waals surface area contributed by atoms with Crippen molar-refractivity contribution >= 4 is 57.8 Å². The van der Waals surface area contributed by atoms with Crippen LogP contribution in [0.2, 0.25) is 10.0 Å². The minimum atomic E-state index is -0.196. The second kappa shape index (κ2) is 9.06. The zero-order chi connectivity index (χ0) is 23.0. The molecule has 1 aliphatic heterocycles. The van der Waals surface area contributed by atoms with E-state index in [2.05, 4.69) is 20.9 Å². The summed E-state index contributed by atoms with van der Waals surface area (Å²) >= 11 is 13.7. The van der Waals surface area contributed by atoms with Gasteiger partial charge in [-0.05, 0) is 86.1 Å². The molecule has 2 aromatic carbocycles. The predicted octanol–water partition coefficient (Wildman–Crippen LogP) is 6.61. The molecule has 1 aromatic heterocycles. The average Bonchev–Trinajstić information content (AvgIpc) is 3.22.